The number of rotatable bonds is 3. The summed E-state index contributed by atoms with van der Waals surface area (Å²) in [6.07, 6.45) is 5.91. The molecule has 0 spiro atoms. The number of halogens is 1. The summed E-state index contributed by atoms with van der Waals surface area (Å²) >= 11 is 0. The van der Waals surface area contributed by atoms with E-state index in [0.717, 1.165) is 41.7 Å². The van der Waals surface area contributed by atoms with Gasteiger partial charge in [0.25, 0.3) is 5.91 Å². The van der Waals surface area contributed by atoms with Crippen molar-refractivity contribution in [1.82, 2.24) is 15.2 Å². The number of aromatic nitrogens is 1. The Balaban J connectivity index is 0.00000180. The average molecular weight is 384 g/mol. The number of hydrogen-bond donors (Lipinski definition) is 1. The monoisotopic (exact) mass is 383 g/mol. The number of carbonyl (C=O) groups is 1. The van der Waals surface area contributed by atoms with Gasteiger partial charge < -0.3 is 14.6 Å². The molecule has 1 aromatic carbocycles. The van der Waals surface area contributed by atoms with Crippen LogP contribution in [0.1, 0.15) is 23.4 Å². The van der Waals surface area contributed by atoms with E-state index in [1.807, 2.05) is 42.6 Å². The Morgan fingerprint density at radius 1 is 1.19 bits per heavy atom. The number of piperidine rings is 3. The van der Waals surface area contributed by atoms with E-state index in [-0.39, 0.29) is 24.4 Å². The number of fused-ring (bicyclic) bond motifs is 4. The summed E-state index contributed by atoms with van der Waals surface area (Å²) in [6.45, 7) is 3.28. The summed E-state index contributed by atoms with van der Waals surface area (Å²) in [5, 5.41) is 4.14. The molecule has 6 rings (SSSR count). The van der Waals surface area contributed by atoms with Crippen LogP contribution in [0, 0.1) is 5.92 Å². The first-order valence-corrected chi connectivity index (χ1v) is 9.24. The minimum absolute atomic E-state index is 0. The largest absolute Gasteiger partial charge is 0.450 e. The highest BCUT2D eigenvalue weighted by molar-refractivity contribution is 6.00. The van der Waals surface area contributed by atoms with Crippen molar-refractivity contribution in [3.8, 4) is 11.1 Å². The standard InChI is InChI=1S/C21H21N3O2.ClH/c25-21(23-18-13-24-9-6-14(18)7-10-24)19-11-15-3-1-5-17(20(15)26-19)16-4-2-8-22-12-16;/h1-5,8,11-12,14,18H,6-7,9-10,13H2,(H,23,25);1H/t18-;/m1./s1. The molecule has 140 valence electrons. The Morgan fingerprint density at radius 2 is 2.04 bits per heavy atom. The van der Waals surface area contributed by atoms with Crippen LogP contribution in [0.5, 0.6) is 0 Å². The zero-order chi connectivity index (χ0) is 17.5. The molecule has 3 fully saturated rings. The number of carbonyl (C=O) groups excluding carboxylic acids is 1. The van der Waals surface area contributed by atoms with E-state index in [0.29, 0.717) is 11.7 Å². The van der Waals surface area contributed by atoms with Gasteiger partial charge in [0.05, 0.1) is 0 Å². The SMILES string of the molecule is Cl.O=C(N[C@@H]1CN2CCC1CC2)c1cc2cccc(-c3cccnc3)c2o1. The van der Waals surface area contributed by atoms with Gasteiger partial charge in [-0.15, -0.1) is 12.4 Å². The van der Waals surface area contributed by atoms with Crippen LogP contribution in [-0.2, 0) is 0 Å². The molecule has 3 aliphatic heterocycles. The third-order valence-electron chi connectivity index (χ3n) is 5.71. The van der Waals surface area contributed by atoms with Crippen LogP contribution in [0.25, 0.3) is 22.1 Å². The Kier molecular flexibility index (Phi) is 4.89. The van der Waals surface area contributed by atoms with Crippen molar-refractivity contribution in [3.63, 3.8) is 0 Å². The second-order valence-electron chi connectivity index (χ2n) is 7.29. The summed E-state index contributed by atoms with van der Waals surface area (Å²) in [7, 11) is 0. The summed E-state index contributed by atoms with van der Waals surface area (Å²) in [5.74, 6) is 0.865. The third kappa shape index (κ3) is 3.33. The molecule has 6 heteroatoms. The Labute approximate surface area is 164 Å². The fraction of sp³-hybridized carbons (Fsp3) is 0.333. The number of hydrogen-bond acceptors (Lipinski definition) is 4. The van der Waals surface area contributed by atoms with Gasteiger partial charge in [0.15, 0.2) is 5.76 Å². The molecule has 1 N–H and O–H groups in total. The van der Waals surface area contributed by atoms with Gasteiger partial charge in [0, 0.05) is 41.5 Å². The molecule has 0 aliphatic carbocycles. The zero-order valence-electron chi connectivity index (χ0n) is 14.9. The topological polar surface area (TPSA) is 58.4 Å². The first-order chi connectivity index (χ1) is 12.8. The van der Waals surface area contributed by atoms with Gasteiger partial charge in [-0.25, -0.2) is 0 Å². The van der Waals surface area contributed by atoms with Crippen LogP contribution < -0.4 is 5.32 Å². The Bertz CT molecular complexity index is 948. The molecule has 1 amide bonds. The summed E-state index contributed by atoms with van der Waals surface area (Å²) in [6, 6.07) is 11.9. The van der Waals surface area contributed by atoms with E-state index in [4.69, 9.17) is 4.42 Å². The maximum absolute atomic E-state index is 12.8. The molecule has 1 atom stereocenters. The molecule has 2 bridgehead atoms. The van der Waals surface area contributed by atoms with Crippen LogP contribution in [0.15, 0.2) is 53.2 Å². The molecular weight excluding hydrogens is 362 g/mol. The molecule has 5 heterocycles. The van der Waals surface area contributed by atoms with Gasteiger partial charge in [-0.1, -0.05) is 24.3 Å². The van der Waals surface area contributed by atoms with Gasteiger partial charge >= 0.3 is 0 Å². The van der Waals surface area contributed by atoms with Crippen molar-refractivity contribution >= 4 is 29.3 Å². The predicted octanol–water partition coefficient (Wildman–Crippen LogP) is 3.74. The van der Waals surface area contributed by atoms with E-state index in [1.165, 1.54) is 12.8 Å². The average Bonchev–Trinajstić information content (AvgIpc) is 3.14. The third-order valence-corrected chi connectivity index (χ3v) is 5.71. The van der Waals surface area contributed by atoms with E-state index >= 15 is 0 Å². The number of nitrogens with one attached hydrogen (secondary N) is 1. The summed E-state index contributed by atoms with van der Waals surface area (Å²) < 4.78 is 5.98. The van der Waals surface area contributed by atoms with Gasteiger partial charge in [0.1, 0.15) is 5.58 Å². The zero-order valence-corrected chi connectivity index (χ0v) is 15.7. The quantitative estimate of drug-likeness (QED) is 0.748. The van der Waals surface area contributed by atoms with E-state index in [1.54, 1.807) is 6.20 Å². The van der Waals surface area contributed by atoms with Gasteiger partial charge in [-0.3, -0.25) is 9.78 Å². The lowest BCUT2D eigenvalue weighted by Gasteiger charge is -2.44. The second-order valence-corrected chi connectivity index (χ2v) is 7.29. The fourth-order valence-electron chi connectivity index (χ4n) is 4.29. The fourth-order valence-corrected chi connectivity index (χ4v) is 4.29. The van der Waals surface area contributed by atoms with Crippen LogP contribution in [0.2, 0.25) is 0 Å². The normalized spacial score (nSPS) is 23.8. The molecule has 0 saturated carbocycles. The van der Waals surface area contributed by atoms with Crippen molar-refractivity contribution in [3.05, 3.63) is 54.6 Å². The van der Waals surface area contributed by atoms with Gasteiger partial charge in [-0.2, -0.15) is 0 Å². The minimum Gasteiger partial charge on any atom is -0.450 e. The highest BCUT2D eigenvalue weighted by Gasteiger charge is 2.35. The van der Waals surface area contributed by atoms with Crippen molar-refractivity contribution < 1.29 is 9.21 Å². The van der Waals surface area contributed by atoms with Crippen molar-refractivity contribution in [2.45, 2.75) is 18.9 Å². The molecule has 5 nitrogen and oxygen atoms in total. The number of benzene rings is 1. The van der Waals surface area contributed by atoms with Crippen molar-refractivity contribution in [1.29, 1.82) is 0 Å². The molecule has 0 unspecified atom stereocenters. The number of furan rings is 1. The smallest absolute Gasteiger partial charge is 0.287 e. The van der Waals surface area contributed by atoms with Crippen molar-refractivity contribution in [2.75, 3.05) is 19.6 Å². The highest BCUT2D eigenvalue weighted by atomic mass is 35.5. The maximum Gasteiger partial charge on any atom is 0.287 e. The number of nitrogens with zero attached hydrogens (tertiary/aromatic N) is 2. The number of pyridine rings is 1. The molecule has 3 aromatic rings. The molecule has 0 radical (unpaired) electrons. The number of amides is 1. The Morgan fingerprint density at radius 3 is 2.74 bits per heavy atom. The second kappa shape index (κ2) is 7.33. The first-order valence-electron chi connectivity index (χ1n) is 9.24. The first kappa shape index (κ1) is 18.0. The summed E-state index contributed by atoms with van der Waals surface area (Å²) in [4.78, 5) is 19.4. The van der Waals surface area contributed by atoms with E-state index < -0.39 is 0 Å². The summed E-state index contributed by atoms with van der Waals surface area (Å²) in [5.41, 5.74) is 2.67. The van der Waals surface area contributed by atoms with Crippen LogP contribution in [0.3, 0.4) is 0 Å². The van der Waals surface area contributed by atoms with Gasteiger partial charge in [0.2, 0.25) is 0 Å². The van der Waals surface area contributed by atoms with Crippen LogP contribution in [0.4, 0.5) is 0 Å². The van der Waals surface area contributed by atoms with Crippen molar-refractivity contribution in [2.24, 2.45) is 5.92 Å². The Hall–Kier alpha value is -2.37. The molecular formula is C21H22ClN3O2. The molecule has 2 aromatic heterocycles. The molecule has 27 heavy (non-hydrogen) atoms. The van der Waals surface area contributed by atoms with Crippen LogP contribution in [-0.4, -0.2) is 41.5 Å². The van der Waals surface area contributed by atoms with Crippen LogP contribution >= 0.6 is 12.4 Å². The molecule has 3 saturated heterocycles. The minimum atomic E-state index is -0.114. The highest BCUT2D eigenvalue weighted by Crippen LogP contribution is 2.31. The predicted molar refractivity (Wildman–Crippen MR) is 107 cm³/mol. The lowest BCUT2D eigenvalue weighted by atomic mass is 9.84. The lowest BCUT2D eigenvalue weighted by Crippen LogP contribution is -2.57. The van der Waals surface area contributed by atoms with Gasteiger partial charge in [-0.05, 0) is 44.0 Å². The lowest BCUT2D eigenvalue weighted by molar-refractivity contribution is 0.0607. The van der Waals surface area contributed by atoms with E-state index in [2.05, 4.69) is 15.2 Å². The number of para-hydroxylation sites is 1. The van der Waals surface area contributed by atoms with E-state index in [9.17, 15) is 4.79 Å². The maximum atomic E-state index is 12.8. The molecule has 3 aliphatic rings.